The highest BCUT2D eigenvalue weighted by Crippen LogP contribution is 2.46. The van der Waals surface area contributed by atoms with E-state index in [4.69, 9.17) is 0 Å². The molecule has 2 fully saturated rings. The summed E-state index contributed by atoms with van der Waals surface area (Å²) >= 11 is 0. The van der Waals surface area contributed by atoms with Gasteiger partial charge in [0.25, 0.3) is 0 Å². The third kappa shape index (κ3) is 2.38. The number of aliphatic hydroxyl groups is 1. The lowest BCUT2D eigenvalue weighted by Gasteiger charge is -2.24. The van der Waals surface area contributed by atoms with Crippen LogP contribution in [0, 0.1) is 5.92 Å². The van der Waals surface area contributed by atoms with Gasteiger partial charge in [0.2, 0.25) is 0 Å². The molecule has 92 valence electrons. The summed E-state index contributed by atoms with van der Waals surface area (Å²) in [7, 11) is 0. The molecule has 2 N–H and O–H groups in total. The maximum absolute atomic E-state index is 10.3. The fourth-order valence-electron chi connectivity index (χ4n) is 2.95. The number of hydrogen-bond donors (Lipinski definition) is 2. The summed E-state index contributed by atoms with van der Waals surface area (Å²) in [5.74, 6) is 0.743. The van der Waals surface area contributed by atoms with Crippen molar-refractivity contribution in [2.24, 2.45) is 5.92 Å². The van der Waals surface area contributed by atoms with E-state index in [9.17, 15) is 5.11 Å². The zero-order chi connectivity index (χ0) is 11.7. The molecule has 17 heavy (non-hydrogen) atoms. The van der Waals surface area contributed by atoms with E-state index < -0.39 is 5.60 Å². The van der Waals surface area contributed by atoms with Gasteiger partial charge in [0.05, 0.1) is 5.60 Å². The molecule has 2 heteroatoms. The lowest BCUT2D eigenvalue weighted by Crippen LogP contribution is -2.31. The van der Waals surface area contributed by atoms with Crippen molar-refractivity contribution in [3.63, 3.8) is 0 Å². The number of rotatable bonds is 3. The zero-order valence-corrected chi connectivity index (χ0v) is 10.3. The smallest absolute Gasteiger partial charge is 0.0901 e. The molecular weight excluding hydrogens is 210 g/mol. The van der Waals surface area contributed by atoms with Crippen LogP contribution in [0.25, 0.3) is 0 Å². The molecule has 3 rings (SSSR count). The number of benzene rings is 1. The molecule has 1 saturated heterocycles. The molecule has 1 heterocycles. The van der Waals surface area contributed by atoms with Crippen molar-refractivity contribution < 1.29 is 5.11 Å². The lowest BCUT2D eigenvalue weighted by molar-refractivity contribution is 0.150. The van der Waals surface area contributed by atoms with Gasteiger partial charge in [0.15, 0.2) is 0 Å². The highest BCUT2D eigenvalue weighted by Gasteiger charge is 2.43. The molecule has 1 atom stereocenters. The summed E-state index contributed by atoms with van der Waals surface area (Å²) < 4.78 is 0. The van der Waals surface area contributed by atoms with E-state index in [2.05, 4.69) is 23.5 Å². The maximum Gasteiger partial charge on any atom is 0.0901 e. The van der Waals surface area contributed by atoms with E-state index in [0.717, 1.165) is 31.7 Å². The Morgan fingerprint density at radius 1 is 1.29 bits per heavy atom. The third-order valence-corrected chi connectivity index (χ3v) is 4.15. The quantitative estimate of drug-likeness (QED) is 0.836. The van der Waals surface area contributed by atoms with Gasteiger partial charge in [-0.1, -0.05) is 24.3 Å². The van der Waals surface area contributed by atoms with Crippen molar-refractivity contribution >= 4 is 0 Å². The van der Waals surface area contributed by atoms with Crippen LogP contribution in [0.15, 0.2) is 24.3 Å². The highest BCUT2D eigenvalue weighted by atomic mass is 16.3. The molecular formula is C15H21NO. The van der Waals surface area contributed by atoms with Crippen LogP contribution in [-0.4, -0.2) is 18.2 Å². The normalized spacial score (nSPS) is 26.8. The minimum atomic E-state index is -0.487. The minimum absolute atomic E-state index is 0.487. The molecule has 0 amide bonds. The van der Waals surface area contributed by atoms with E-state index in [0.29, 0.717) is 0 Å². The molecule has 1 aliphatic heterocycles. The van der Waals surface area contributed by atoms with E-state index in [1.165, 1.54) is 30.5 Å². The summed E-state index contributed by atoms with van der Waals surface area (Å²) in [6.45, 7) is 2.30. The Morgan fingerprint density at radius 3 is 2.82 bits per heavy atom. The Hall–Kier alpha value is -0.860. The van der Waals surface area contributed by atoms with Crippen LogP contribution in [0.2, 0.25) is 0 Å². The highest BCUT2D eigenvalue weighted by molar-refractivity contribution is 5.36. The first-order valence-electron chi connectivity index (χ1n) is 6.79. The minimum Gasteiger partial charge on any atom is -0.385 e. The first kappa shape index (κ1) is 11.2. The Kier molecular flexibility index (Phi) is 2.93. The van der Waals surface area contributed by atoms with Gasteiger partial charge in [-0.25, -0.2) is 0 Å². The summed E-state index contributed by atoms with van der Waals surface area (Å²) in [6.07, 6.45) is 5.60. The van der Waals surface area contributed by atoms with Gasteiger partial charge in [-0.2, -0.15) is 0 Å². The van der Waals surface area contributed by atoms with Gasteiger partial charge < -0.3 is 10.4 Å². The standard InChI is InChI=1S/C15H21NO/c17-15(7-8-15)14-6-2-1-5-13(14)10-12-4-3-9-16-11-12/h1-2,5-6,12,16-17H,3-4,7-11H2. The largest absolute Gasteiger partial charge is 0.385 e. The lowest BCUT2D eigenvalue weighted by atomic mass is 9.88. The van der Waals surface area contributed by atoms with Crippen LogP contribution in [-0.2, 0) is 12.0 Å². The van der Waals surface area contributed by atoms with Crippen molar-refractivity contribution in [1.82, 2.24) is 5.32 Å². The Morgan fingerprint density at radius 2 is 2.12 bits per heavy atom. The zero-order valence-electron chi connectivity index (χ0n) is 10.3. The molecule has 1 aliphatic carbocycles. The Labute approximate surface area is 103 Å². The first-order valence-corrected chi connectivity index (χ1v) is 6.79. The van der Waals surface area contributed by atoms with Crippen LogP contribution in [0.1, 0.15) is 36.8 Å². The molecule has 2 aliphatic rings. The Bertz CT molecular complexity index is 392. The van der Waals surface area contributed by atoms with Crippen LogP contribution < -0.4 is 5.32 Å². The molecule has 0 spiro atoms. The summed E-state index contributed by atoms with van der Waals surface area (Å²) in [5, 5.41) is 13.8. The number of nitrogens with one attached hydrogen (secondary N) is 1. The second-order valence-electron chi connectivity index (χ2n) is 5.61. The van der Waals surface area contributed by atoms with Crippen LogP contribution in [0.4, 0.5) is 0 Å². The van der Waals surface area contributed by atoms with Gasteiger partial charge >= 0.3 is 0 Å². The second-order valence-corrected chi connectivity index (χ2v) is 5.61. The van der Waals surface area contributed by atoms with Crippen molar-refractivity contribution in [3.8, 4) is 0 Å². The average Bonchev–Trinajstić information content (AvgIpc) is 3.10. The topological polar surface area (TPSA) is 32.3 Å². The van der Waals surface area contributed by atoms with E-state index in [1.54, 1.807) is 0 Å². The predicted molar refractivity (Wildman–Crippen MR) is 68.9 cm³/mol. The molecule has 0 aromatic heterocycles. The van der Waals surface area contributed by atoms with Crippen molar-refractivity contribution in [3.05, 3.63) is 35.4 Å². The second kappa shape index (κ2) is 4.43. The van der Waals surface area contributed by atoms with E-state index in [-0.39, 0.29) is 0 Å². The van der Waals surface area contributed by atoms with E-state index in [1.807, 2.05) is 6.07 Å². The molecule has 1 saturated carbocycles. The van der Waals surface area contributed by atoms with Gasteiger partial charge in [-0.05, 0) is 62.2 Å². The average molecular weight is 231 g/mol. The van der Waals surface area contributed by atoms with Crippen LogP contribution in [0.5, 0.6) is 0 Å². The van der Waals surface area contributed by atoms with Crippen LogP contribution in [0.3, 0.4) is 0 Å². The summed E-state index contributed by atoms with van der Waals surface area (Å²) in [4.78, 5) is 0. The summed E-state index contributed by atoms with van der Waals surface area (Å²) in [6, 6.07) is 8.45. The SMILES string of the molecule is OC1(c2ccccc2CC2CCCNC2)CC1. The number of piperidine rings is 1. The molecule has 0 radical (unpaired) electrons. The fourth-order valence-corrected chi connectivity index (χ4v) is 2.95. The first-order chi connectivity index (χ1) is 8.28. The molecule has 1 aromatic carbocycles. The predicted octanol–water partition coefficient (Wildman–Crippen LogP) is 2.21. The van der Waals surface area contributed by atoms with Crippen molar-refractivity contribution in [2.45, 2.75) is 37.7 Å². The fraction of sp³-hybridized carbons (Fsp3) is 0.600. The molecule has 1 unspecified atom stereocenters. The van der Waals surface area contributed by atoms with Gasteiger partial charge in [0.1, 0.15) is 0 Å². The third-order valence-electron chi connectivity index (χ3n) is 4.15. The van der Waals surface area contributed by atoms with Gasteiger partial charge in [0, 0.05) is 0 Å². The van der Waals surface area contributed by atoms with Gasteiger partial charge in [-0.3, -0.25) is 0 Å². The van der Waals surface area contributed by atoms with Crippen LogP contribution >= 0.6 is 0 Å². The summed E-state index contributed by atoms with van der Waals surface area (Å²) in [5.41, 5.74) is 2.06. The molecule has 0 bridgehead atoms. The van der Waals surface area contributed by atoms with Crippen molar-refractivity contribution in [1.29, 1.82) is 0 Å². The molecule has 1 aromatic rings. The van der Waals surface area contributed by atoms with Crippen molar-refractivity contribution in [2.75, 3.05) is 13.1 Å². The maximum atomic E-state index is 10.3. The van der Waals surface area contributed by atoms with Gasteiger partial charge in [-0.15, -0.1) is 0 Å². The Balaban J connectivity index is 1.77. The van der Waals surface area contributed by atoms with E-state index >= 15 is 0 Å². The number of hydrogen-bond acceptors (Lipinski definition) is 2. The molecule has 2 nitrogen and oxygen atoms in total. The monoisotopic (exact) mass is 231 g/mol.